The molecule has 9 heteroatoms. The topological polar surface area (TPSA) is 79.8 Å². The van der Waals surface area contributed by atoms with Crippen molar-refractivity contribution in [2.75, 3.05) is 33.4 Å². The van der Waals surface area contributed by atoms with Crippen molar-refractivity contribution in [1.29, 1.82) is 0 Å². The van der Waals surface area contributed by atoms with Gasteiger partial charge in [-0.25, -0.2) is 12.8 Å². The zero-order valence-corrected chi connectivity index (χ0v) is 17.1. The van der Waals surface area contributed by atoms with Crippen LogP contribution >= 0.6 is 0 Å². The number of rotatable bonds is 8. The molecule has 0 N–H and O–H groups in total. The van der Waals surface area contributed by atoms with Crippen molar-refractivity contribution in [3.05, 3.63) is 59.7 Å². The SMILES string of the molecule is COCCN(Cc1ccccn1)C(=O)c1ccc(F)c(S(=O)(=O)N2CCCC2)c1. The first-order chi connectivity index (χ1) is 13.9. The molecule has 1 saturated heterocycles. The third-order valence-corrected chi connectivity index (χ3v) is 6.71. The summed E-state index contributed by atoms with van der Waals surface area (Å²) in [6.45, 7) is 1.55. The summed E-state index contributed by atoms with van der Waals surface area (Å²) in [5.74, 6) is -1.27. The molecule has 7 nitrogen and oxygen atoms in total. The first kappa shape index (κ1) is 21.4. The van der Waals surface area contributed by atoms with Gasteiger partial charge in [0.1, 0.15) is 10.7 Å². The number of ether oxygens (including phenoxy) is 1. The molecule has 0 unspecified atom stereocenters. The van der Waals surface area contributed by atoms with Crippen LogP contribution < -0.4 is 0 Å². The zero-order valence-electron chi connectivity index (χ0n) is 16.3. The van der Waals surface area contributed by atoms with E-state index in [-0.39, 0.29) is 18.7 Å². The van der Waals surface area contributed by atoms with Crippen LogP contribution in [0.1, 0.15) is 28.9 Å². The molecule has 156 valence electrons. The molecular weight excluding hydrogens is 397 g/mol. The van der Waals surface area contributed by atoms with Gasteiger partial charge in [-0.2, -0.15) is 4.31 Å². The Morgan fingerprint density at radius 1 is 1.24 bits per heavy atom. The Morgan fingerprint density at radius 2 is 2.00 bits per heavy atom. The molecule has 3 rings (SSSR count). The summed E-state index contributed by atoms with van der Waals surface area (Å²) < 4.78 is 46.3. The van der Waals surface area contributed by atoms with Crippen molar-refractivity contribution in [3.63, 3.8) is 0 Å². The first-order valence-electron chi connectivity index (χ1n) is 9.41. The molecular formula is C20H24FN3O4S. The quantitative estimate of drug-likeness (QED) is 0.653. The number of sulfonamides is 1. The molecule has 0 aliphatic carbocycles. The number of carbonyl (C=O) groups is 1. The maximum atomic E-state index is 14.4. The van der Waals surface area contributed by atoms with E-state index in [2.05, 4.69) is 4.98 Å². The Labute approximate surface area is 170 Å². The molecule has 1 aliphatic rings. The molecule has 1 aliphatic heterocycles. The molecule has 29 heavy (non-hydrogen) atoms. The van der Waals surface area contributed by atoms with E-state index in [1.807, 2.05) is 6.07 Å². The monoisotopic (exact) mass is 421 g/mol. The van der Waals surface area contributed by atoms with Gasteiger partial charge < -0.3 is 9.64 Å². The van der Waals surface area contributed by atoms with Gasteiger partial charge in [0, 0.05) is 38.5 Å². The minimum atomic E-state index is -3.98. The minimum Gasteiger partial charge on any atom is -0.383 e. The predicted molar refractivity (Wildman–Crippen MR) is 105 cm³/mol. The molecule has 1 aromatic heterocycles. The summed E-state index contributed by atoms with van der Waals surface area (Å²) in [5.41, 5.74) is 0.792. The number of amides is 1. The van der Waals surface area contributed by atoms with Gasteiger partial charge in [0.05, 0.1) is 18.8 Å². The molecule has 1 fully saturated rings. The smallest absolute Gasteiger partial charge is 0.254 e. The van der Waals surface area contributed by atoms with Crippen molar-refractivity contribution in [2.45, 2.75) is 24.3 Å². The van der Waals surface area contributed by atoms with Crippen LogP contribution in [-0.4, -0.2) is 61.9 Å². The van der Waals surface area contributed by atoms with Gasteiger partial charge in [-0.05, 0) is 43.2 Å². The molecule has 0 saturated carbocycles. The molecule has 1 aromatic carbocycles. The number of methoxy groups -OCH3 is 1. The summed E-state index contributed by atoms with van der Waals surface area (Å²) >= 11 is 0. The number of carbonyl (C=O) groups excluding carboxylic acids is 1. The van der Waals surface area contributed by atoms with Gasteiger partial charge in [0.2, 0.25) is 10.0 Å². The number of hydrogen-bond acceptors (Lipinski definition) is 5. The van der Waals surface area contributed by atoms with Crippen LogP contribution in [0.2, 0.25) is 0 Å². The molecule has 2 aromatic rings. The Hall–Kier alpha value is -2.36. The van der Waals surface area contributed by atoms with E-state index in [0.29, 0.717) is 25.4 Å². The van der Waals surface area contributed by atoms with Gasteiger partial charge >= 0.3 is 0 Å². The highest BCUT2D eigenvalue weighted by Crippen LogP contribution is 2.25. The van der Waals surface area contributed by atoms with Gasteiger partial charge in [-0.1, -0.05) is 6.07 Å². The Bertz CT molecular complexity index is 947. The summed E-state index contributed by atoms with van der Waals surface area (Å²) in [6.07, 6.45) is 3.12. The lowest BCUT2D eigenvalue weighted by Crippen LogP contribution is -2.34. The van der Waals surface area contributed by atoms with Gasteiger partial charge in [-0.15, -0.1) is 0 Å². The highest BCUT2D eigenvalue weighted by molar-refractivity contribution is 7.89. The molecule has 0 bridgehead atoms. The van der Waals surface area contributed by atoms with Crippen LogP contribution in [0.4, 0.5) is 4.39 Å². The van der Waals surface area contributed by atoms with Gasteiger partial charge in [0.15, 0.2) is 0 Å². The predicted octanol–water partition coefficient (Wildman–Crippen LogP) is 2.29. The number of pyridine rings is 1. The Morgan fingerprint density at radius 3 is 2.66 bits per heavy atom. The molecule has 2 heterocycles. The summed E-state index contributed by atoms with van der Waals surface area (Å²) in [4.78, 5) is 18.3. The first-order valence-corrected chi connectivity index (χ1v) is 10.9. The fourth-order valence-electron chi connectivity index (χ4n) is 3.23. The Kier molecular flexibility index (Phi) is 6.94. The number of aromatic nitrogens is 1. The number of hydrogen-bond donors (Lipinski definition) is 0. The standard InChI is InChI=1S/C20H24FN3O4S/c1-28-13-12-23(15-17-6-2-3-9-22-17)20(25)16-7-8-18(21)19(14-16)29(26,27)24-10-4-5-11-24/h2-3,6-9,14H,4-5,10-13,15H2,1H3. The average Bonchev–Trinajstić information content (AvgIpc) is 3.27. The van der Waals surface area contributed by atoms with Crippen LogP contribution in [0.5, 0.6) is 0 Å². The van der Waals surface area contributed by atoms with Gasteiger partial charge in [-0.3, -0.25) is 9.78 Å². The van der Waals surface area contributed by atoms with Crippen molar-refractivity contribution in [3.8, 4) is 0 Å². The fourth-order valence-corrected chi connectivity index (χ4v) is 4.83. The average molecular weight is 421 g/mol. The lowest BCUT2D eigenvalue weighted by Gasteiger charge is -2.23. The number of halogens is 1. The summed E-state index contributed by atoms with van der Waals surface area (Å²) in [6, 6.07) is 8.86. The van der Waals surface area contributed by atoms with Crippen molar-refractivity contribution >= 4 is 15.9 Å². The van der Waals surface area contributed by atoms with E-state index in [4.69, 9.17) is 4.74 Å². The van der Waals surface area contributed by atoms with Gasteiger partial charge in [0.25, 0.3) is 5.91 Å². The van der Waals surface area contributed by atoms with Crippen LogP contribution in [0.3, 0.4) is 0 Å². The van der Waals surface area contributed by atoms with E-state index in [9.17, 15) is 17.6 Å². The van der Waals surface area contributed by atoms with E-state index >= 15 is 0 Å². The lowest BCUT2D eigenvalue weighted by molar-refractivity contribution is 0.0677. The highest BCUT2D eigenvalue weighted by Gasteiger charge is 2.31. The van der Waals surface area contributed by atoms with E-state index < -0.39 is 26.6 Å². The zero-order chi connectivity index (χ0) is 20.9. The van der Waals surface area contributed by atoms with Crippen LogP contribution in [0, 0.1) is 5.82 Å². The molecule has 0 atom stereocenters. The number of benzene rings is 1. The Balaban J connectivity index is 1.89. The largest absolute Gasteiger partial charge is 0.383 e. The minimum absolute atomic E-state index is 0.108. The maximum Gasteiger partial charge on any atom is 0.254 e. The van der Waals surface area contributed by atoms with E-state index in [1.165, 1.54) is 22.4 Å². The number of nitrogens with zero attached hydrogens (tertiary/aromatic N) is 3. The highest BCUT2D eigenvalue weighted by atomic mass is 32.2. The maximum absolute atomic E-state index is 14.4. The summed E-state index contributed by atoms with van der Waals surface area (Å²) in [5, 5.41) is 0. The second-order valence-electron chi connectivity index (χ2n) is 6.80. The third-order valence-electron chi connectivity index (χ3n) is 4.79. The van der Waals surface area contributed by atoms with E-state index in [1.54, 1.807) is 18.3 Å². The van der Waals surface area contributed by atoms with Crippen molar-refractivity contribution in [1.82, 2.24) is 14.2 Å². The third kappa shape index (κ3) is 4.98. The molecule has 1 amide bonds. The van der Waals surface area contributed by atoms with E-state index in [0.717, 1.165) is 25.0 Å². The summed E-state index contributed by atoms with van der Waals surface area (Å²) in [7, 11) is -2.45. The molecule has 0 spiro atoms. The second kappa shape index (κ2) is 9.43. The normalized spacial score (nSPS) is 14.8. The van der Waals surface area contributed by atoms with Crippen LogP contribution in [-0.2, 0) is 21.3 Å². The lowest BCUT2D eigenvalue weighted by atomic mass is 10.2. The molecule has 0 radical (unpaired) electrons. The van der Waals surface area contributed by atoms with Crippen molar-refractivity contribution < 1.29 is 22.3 Å². The fraction of sp³-hybridized carbons (Fsp3) is 0.400. The van der Waals surface area contributed by atoms with Crippen molar-refractivity contribution in [2.24, 2.45) is 0 Å². The second-order valence-corrected chi connectivity index (χ2v) is 8.70. The van der Waals surface area contributed by atoms with Crippen LogP contribution in [0.25, 0.3) is 0 Å². The van der Waals surface area contributed by atoms with Crippen LogP contribution in [0.15, 0.2) is 47.5 Å².